The standard InChI is InChI=1S/C17H24N2O5/c1-11(2)14(15(20)18-12(3)16(21)23-4)19-17(22)24-10-13-8-6-5-7-9-13/h5-9,11-12,14H,10H2,1-4H3,(H,18,20)(H,19,22)/t12-,14-/m0/s1. The summed E-state index contributed by atoms with van der Waals surface area (Å²) in [7, 11) is 1.24. The lowest BCUT2D eigenvalue weighted by Gasteiger charge is -2.23. The third-order valence-electron chi connectivity index (χ3n) is 3.35. The molecule has 7 nitrogen and oxygen atoms in total. The second kappa shape index (κ2) is 9.54. The quantitative estimate of drug-likeness (QED) is 0.738. The number of ether oxygens (including phenoxy) is 2. The highest BCUT2D eigenvalue weighted by molar-refractivity contribution is 5.89. The summed E-state index contributed by atoms with van der Waals surface area (Å²) >= 11 is 0. The van der Waals surface area contributed by atoms with Gasteiger partial charge in [-0.25, -0.2) is 9.59 Å². The van der Waals surface area contributed by atoms with Crippen molar-refractivity contribution < 1.29 is 23.9 Å². The van der Waals surface area contributed by atoms with Crippen molar-refractivity contribution >= 4 is 18.0 Å². The lowest BCUT2D eigenvalue weighted by Crippen LogP contribution is -2.53. The van der Waals surface area contributed by atoms with Gasteiger partial charge in [-0.05, 0) is 18.4 Å². The van der Waals surface area contributed by atoms with Gasteiger partial charge in [0, 0.05) is 0 Å². The molecule has 0 heterocycles. The van der Waals surface area contributed by atoms with Crippen molar-refractivity contribution in [3.63, 3.8) is 0 Å². The molecule has 0 bridgehead atoms. The van der Waals surface area contributed by atoms with Crippen molar-refractivity contribution in [1.82, 2.24) is 10.6 Å². The maximum Gasteiger partial charge on any atom is 0.408 e. The zero-order chi connectivity index (χ0) is 18.1. The number of carbonyl (C=O) groups is 3. The fraction of sp³-hybridized carbons (Fsp3) is 0.471. The first kappa shape index (κ1) is 19.5. The molecule has 2 atom stereocenters. The Hall–Kier alpha value is -2.57. The maximum atomic E-state index is 12.2. The number of hydrogen-bond acceptors (Lipinski definition) is 5. The Bertz CT molecular complexity index is 559. The number of hydrogen-bond donors (Lipinski definition) is 2. The highest BCUT2D eigenvalue weighted by atomic mass is 16.5. The van der Waals surface area contributed by atoms with Gasteiger partial charge in [-0.15, -0.1) is 0 Å². The van der Waals surface area contributed by atoms with Crippen molar-refractivity contribution in [3.8, 4) is 0 Å². The first-order valence-electron chi connectivity index (χ1n) is 7.70. The molecule has 0 unspecified atom stereocenters. The lowest BCUT2D eigenvalue weighted by atomic mass is 10.0. The van der Waals surface area contributed by atoms with Crippen molar-refractivity contribution in [2.75, 3.05) is 7.11 Å². The molecule has 0 aliphatic carbocycles. The van der Waals surface area contributed by atoms with Gasteiger partial charge in [0.05, 0.1) is 7.11 Å². The minimum Gasteiger partial charge on any atom is -0.467 e. The molecule has 0 aliphatic rings. The first-order valence-corrected chi connectivity index (χ1v) is 7.70. The number of carbonyl (C=O) groups excluding carboxylic acids is 3. The molecule has 24 heavy (non-hydrogen) atoms. The molecule has 132 valence electrons. The summed E-state index contributed by atoms with van der Waals surface area (Å²) in [5.74, 6) is -1.21. The average Bonchev–Trinajstić information content (AvgIpc) is 2.57. The van der Waals surface area contributed by atoms with Crippen LogP contribution in [0.4, 0.5) is 4.79 Å². The van der Waals surface area contributed by atoms with Gasteiger partial charge >= 0.3 is 12.1 Å². The van der Waals surface area contributed by atoms with E-state index < -0.39 is 30.1 Å². The fourth-order valence-corrected chi connectivity index (χ4v) is 1.97. The van der Waals surface area contributed by atoms with Gasteiger partial charge in [0.1, 0.15) is 18.7 Å². The summed E-state index contributed by atoms with van der Waals surface area (Å²) in [6.45, 7) is 5.18. The number of nitrogens with one attached hydrogen (secondary N) is 2. The van der Waals surface area contributed by atoms with Crippen molar-refractivity contribution in [2.24, 2.45) is 5.92 Å². The zero-order valence-corrected chi connectivity index (χ0v) is 14.4. The number of esters is 1. The topological polar surface area (TPSA) is 93.7 Å². The molecule has 0 aliphatic heterocycles. The first-order chi connectivity index (χ1) is 11.3. The second-order valence-electron chi connectivity index (χ2n) is 5.68. The van der Waals surface area contributed by atoms with Crippen LogP contribution in [0.3, 0.4) is 0 Å². The largest absolute Gasteiger partial charge is 0.467 e. The summed E-state index contributed by atoms with van der Waals surface area (Å²) in [5, 5.41) is 5.03. The smallest absolute Gasteiger partial charge is 0.408 e. The Balaban J connectivity index is 2.56. The van der Waals surface area contributed by atoms with Crippen molar-refractivity contribution in [3.05, 3.63) is 35.9 Å². The Morgan fingerprint density at radius 1 is 1.04 bits per heavy atom. The zero-order valence-electron chi connectivity index (χ0n) is 14.4. The Morgan fingerprint density at radius 2 is 1.67 bits per heavy atom. The third kappa shape index (κ3) is 6.28. The maximum absolute atomic E-state index is 12.2. The second-order valence-corrected chi connectivity index (χ2v) is 5.68. The van der Waals surface area contributed by atoms with E-state index in [9.17, 15) is 14.4 Å². The predicted molar refractivity (Wildman–Crippen MR) is 88.0 cm³/mol. The molecule has 1 aromatic carbocycles. The van der Waals surface area contributed by atoms with Gasteiger partial charge in [0.2, 0.25) is 5.91 Å². The van der Waals surface area contributed by atoms with E-state index >= 15 is 0 Å². The van der Waals surface area contributed by atoms with Gasteiger partial charge in [-0.1, -0.05) is 44.2 Å². The molecular formula is C17H24N2O5. The summed E-state index contributed by atoms with van der Waals surface area (Å²) < 4.78 is 9.67. The monoisotopic (exact) mass is 336 g/mol. The SMILES string of the molecule is COC(=O)[C@H](C)NC(=O)[C@@H](NC(=O)OCc1ccccc1)C(C)C. The van der Waals surface area contributed by atoms with Crippen LogP contribution < -0.4 is 10.6 Å². The van der Waals surface area contributed by atoms with E-state index in [-0.39, 0.29) is 12.5 Å². The molecule has 0 saturated heterocycles. The summed E-state index contributed by atoms with van der Waals surface area (Å²) in [5.41, 5.74) is 0.845. The predicted octanol–water partition coefficient (Wildman–Crippen LogP) is 1.62. The highest BCUT2D eigenvalue weighted by Crippen LogP contribution is 2.05. The molecular weight excluding hydrogens is 312 g/mol. The van der Waals surface area contributed by atoms with Gasteiger partial charge in [0.25, 0.3) is 0 Å². The van der Waals surface area contributed by atoms with E-state index in [1.165, 1.54) is 14.0 Å². The third-order valence-corrected chi connectivity index (χ3v) is 3.35. The number of methoxy groups -OCH3 is 1. The van der Waals surface area contributed by atoms with E-state index in [0.717, 1.165) is 5.56 Å². The van der Waals surface area contributed by atoms with Gasteiger partial charge in [0.15, 0.2) is 0 Å². The van der Waals surface area contributed by atoms with Crippen LogP contribution in [0.15, 0.2) is 30.3 Å². The average molecular weight is 336 g/mol. The van der Waals surface area contributed by atoms with Crippen LogP contribution in [0.2, 0.25) is 0 Å². The fourth-order valence-electron chi connectivity index (χ4n) is 1.97. The number of rotatable bonds is 7. The van der Waals surface area contributed by atoms with Gasteiger partial charge < -0.3 is 20.1 Å². The minimum atomic E-state index is -0.819. The van der Waals surface area contributed by atoms with E-state index in [4.69, 9.17) is 4.74 Å². The van der Waals surface area contributed by atoms with E-state index in [1.807, 2.05) is 30.3 Å². The van der Waals surface area contributed by atoms with Crippen LogP contribution >= 0.6 is 0 Å². The minimum absolute atomic E-state index is 0.109. The molecule has 0 saturated carbocycles. The Kier molecular flexibility index (Phi) is 7.74. The van der Waals surface area contributed by atoms with Crippen LogP contribution in [0, 0.1) is 5.92 Å². The van der Waals surface area contributed by atoms with Crippen LogP contribution in [0.25, 0.3) is 0 Å². The molecule has 0 aromatic heterocycles. The number of alkyl carbamates (subject to hydrolysis) is 1. The van der Waals surface area contributed by atoms with Crippen LogP contribution in [0.5, 0.6) is 0 Å². The molecule has 0 fully saturated rings. The van der Waals surface area contributed by atoms with E-state index in [0.29, 0.717) is 0 Å². The molecule has 2 amide bonds. The highest BCUT2D eigenvalue weighted by Gasteiger charge is 2.27. The molecule has 2 N–H and O–H groups in total. The van der Waals surface area contributed by atoms with Crippen molar-refractivity contribution in [1.29, 1.82) is 0 Å². The molecule has 0 radical (unpaired) electrons. The molecule has 1 rings (SSSR count). The number of amides is 2. The molecule has 7 heteroatoms. The molecule has 1 aromatic rings. The summed E-state index contributed by atoms with van der Waals surface area (Å²) in [6, 6.07) is 7.59. The van der Waals surface area contributed by atoms with E-state index in [2.05, 4.69) is 15.4 Å². The lowest BCUT2D eigenvalue weighted by molar-refractivity contribution is -0.144. The van der Waals surface area contributed by atoms with Crippen LogP contribution in [-0.4, -0.2) is 37.2 Å². The van der Waals surface area contributed by atoms with Gasteiger partial charge in [-0.2, -0.15) is 0 Å². The van der Waals surface area contributed by atoms with E-state index in [1.54, 1.807) is 13.8 Å². The van der Waals surface area contributed by atoms with Crippen LogP contribution in [-0.2, 0) is 25.7 Å². The number of benzene rings is 1. The Labute approximate surface area is 141 Å². The summed E-state index contributed by atoms with van der Waals surface area (Å²) in [6.07, 6.45) is -0.696. The van der Waals surface area contributed by atoms with Crippen LogP contribution in [0.1, 0.15) is 26.3 Å². The normalized spacial score (nSPS) is 12.9. The Morgan fingerprint density at radius 3 is 2.21 bits per heavy atom. The molecule has 0 spiro atoms. The van der Waals surface area contributed by atoms with Gasteiger partial charge in [-0.3, -0.25) is 4.79 Å². The van der Waals surface area contributed by atoms with Crippen molar-refractivity contribution in [2.45, 2.75) is 39.5 Å². The summed E-state index contributed by atoms with van der Waals surface area (Å²) in [4.78, 5) is 35.5.